The Balaban J connectivity index is 1.88. The number of rotatable bonds is 5. The Morgan fingerprint density at radius 2 is 2.04 bits per heavy atom. The third-order valence-electron chi connectivity index (χ3n) is 3.62. The number of aromatic carboxylic acids is 1. The van der Waals surface area contributed by atoms with Gasteiger partial charge in [-0.05, 0) is 17.7 Å². The van der Waals surface area contributed by atoms with Crippen molar-refractivity contribution >= 4 is 5.97 Å². The first-order valence-corrected chi connectivity index (χ1v) is 7.06. The fourth-order valence-corrected chi connectivity index (χ4v) is 2.46. The molecule has 2 aromatic carbocycles. The molecule has 1 unspecified atom stereocenters. The van der Waals surface area contributed by atoms with Crippen LogP contribution < -0.4 is 9.47 Å². The molecule has 0 aromatic heterocycles. The van der Waals surface area contributed by atoms with Crippen molar-refractivity contribution in [2.24, 2.45) is 0 Å². The zero-order valence-corrected chi connectivity index (χ0v) is 12.0. The van der Waals surface area contributed by atoms with Gasteiger partial charge in [-0.3, -0.25) is 0 Å². The molecular formula is C17H14F2O4. The molecular weight excluding hydrogens is 306 g/mol. The van der Waals surface area contributed by atoms with E-state index in [4.69, 9.17) is 14.6 Å². The van der Waals surface area contributed by atoms with E-state index in [1.165, 1.54) is 12.1 Å². The highest BCUT2D eigenvalue weighted by molar-refractivity contribution is 5.89. The second-order valence-electron chi connectivity index (χ2n) is 5.23. The summed E-state index contributed by atoms with van der Waals surface area (Å²) in [5, 5.41) is 9.14. The van der Waals surface area contributed by atoms with Crippen LogP contribution in [0.15, 0.2) is 42.5 Å². The van der Waals surface area contributed by atoms with E-state index in [0.29, 0.717) is 5.56 Å². The second-order valence-corrected chi connectivity index (χ2v) is 5.23. The van der Waals surface area contributed by atoms with E-state index in [0.717, 1.165) is 5.56 Å². The van der Waals surface area contributed by atoms with Gasteiger partial charge in [-0.1, -0.05) is 30.3 Å². The molecule has 1 heterocycles. The predicted molar refractivity (Wildman–Crippen MR) is 78.3 cm³/mol. The van der Waals surface area contributed by atoms with Crippen LogP contribution in [0.4, 0.5) is 8.78 Å². The summed E-state index contributed by atoms with van der Waals surface area (Å²) in [6, 6.07) is 11.9. The molecule has 4 nitrogen and oxygen atoms in total. The van der Waals surface area contributed by atoms with E-state index in [2.05, 4.69) is 0 Å². The van der Waals surface area contributed by atoms with Crippen LogP contribution in [0.25, 0.3) is 0 Å². The van der Waals surface area contributed by atoms with Gasteiger partial charge in [-0.2, -0.15) is 0 Å². The Kier molecular flexibility index (Phi) is 4.14. The van der Waals surface area contributed by atoms with Gasteiger partial charge >= 0.3 is 5.97 Å². The van der Waals surface area contributed by atoms with Crippen LogP contribution in [0.2, 0.25) is 0 Å². The lowest BCUT2D eigenvalue weighted by atomic mass is 10.1. The molecule has 23 heavy (non-hydrogen) atoms. The summed E-state index contributed by atoms with van der Waals surface area (Å²) in [7, 11) is 0. The average molecular weight is 320 g/mol. The Bertz CT molecular complexity index is 716. The first-order valence-electron chi connectivity index (χ1n) is 7.06. The number of hydrogen-bond acceptors (Lipinski definition) is 3. The van der Waals surface area contributed by atoms with E-state index >= 15 is 0 Å². The van der Waals surface area contributed by atoms with Crippen LogP contribution in [0.5, 0.6) is 11.5 Å². The summed E-state index contributed by atoms with van der Waals surface area (Å²) >= 11 is 0. The van der Waals surface area contributed by atoms with Gasteiger partial charge in [-0.15, -0.1) is 0 Å². The summed E-state index contributed by atoms with van der Waals surface area (Å²) in [5.41, 5.74) is 1.32. The standard InChI is InChI=1S/C17H14F2O4/c18-16(19)15-8-12-13(22-9-10-4-2-1-3-5-10)6-11(17(20)21)7-14(12)23-15/h1-7,15-16H,8-9H2,(H,20,21). The number of halogens is 2. The molecule has 1 N–H and O–H groups in total. The van der Waals surface area contributed by atoms with E-state index < -0.39 is 18.5 Å². The number of alkyl halides is 2. The molecule has 2 aromatic rings. The highest BCUT2D eigenvalue weighted by atomic mass is 19.3. The van der Waals surface area contributed by atoms with Crippen LogP contribution in [0.1, 0.15) is 21.5 Å². The third kappa shape index (κ3) is 3.26. The molecule has 1 atom stereocenters. The average Bonchev–Trinajstić information content (AvgIpc) is 2.98. The molecule has 120 valence electrons. The molecule has 0 radical (unpaired) electrons. The monoisotopic (exact) mass is 320 g/mol. The number of carboxylic acid groups (broad SMARTS) is 1. The van der Waals surface area contributed by atoms with Crippen molar-refractivity contribution in [3.05, 3.63) is 59.2 Å². The van der Waals surface area contributed by atoms with E-state index in [-0.39, 0.29) is 30.1 Å². The summed E-state index contributed by atoms with van der Waals surface area (Å²) in [4.78, 5) is 11.2. The molecule has 0 amide bonds. The van der Waals surface area contributed by atoms with Gasteiger partial charge < -0.3 is 14.6 Å². The molecule has 3 rings (SSSR count). The van der Waals surface area contributed by atoms with Crippen molar-refractivity contribution in [2.45, 2.75) is 25.6 Å². The van der Waals surface area contributed by atoms with E-state index in [1.807, 2.05) is 30.3 Å². The fourth-order valence-electron chi connectivity index (χ4n) is 2.46. The number of hydrogen-bond donors (Lipinski definition) is 1. The number of fused-ring (bicyclic) bond motifs is 1. The number of carbonyl (C=O) groups is 1. The van der Waals surface area contributed by atoms with Gasteiger partial charge in [0.1, 0.15) is 18.1 Å². The predicted octanol–water partition coefficient (Wildman–Crippen LogP) is 3.53. The van der Waals surface area contributed by atoms with Crippen molar-refractivity contribution < 1.29 is 28.2 Å². The van der Waals surface area contributed by atoms with Gasteiger partial charge in [0.05, 0.1) is 5.56 Å². The normalized spacial score (nSPS) is 16.0. The van der Waals surface area contributed by atoms with Gasteiger partial charge in [-0.25, -0.2) is 13.6 Å². The zero-order chi connectivity index (χ0) is 16.4. The molecule has 0 bridgehead atoms. The summed E-state index contributed by atoms with van der Waals surface area (Å²) < 4.78 is 36.6. The van der Waals surface area contributed by atoms with Crippen LogP contribution in [-0.4, -0.2) is 23.6 Å². The zero-order valence-electron chi connectivity index (χ0n) is 12.0. The maximum Gasteiger partial charge on any atom is 0.335 e. The highest BCUT2D eigenvalue weighted by Gasteiger charge is 2.33. The number of carboxylic acids is 1. The minimum absolute atomic E-state index is 0.00295. The van der Waals surface area contributed by atoms with Crippen LogP contribution >= 0.6 is 0 Å². The van der Waals surface area contributed by atoms with Crippen molar-refractivity contribution in [3.8, 4) is 11.5 Å². The minimum atomic E-state index is -2.64. The molecule has 0 saturated heterocycles. The Labute approximate surface area is 131 Å². The molecule has 1 aliphatic heterocycles. The van der Waals surface area contributed by atoms with Crippen molar-refractivity contribution in [1.29, 1.82) is 0 Å². The maximum absolute atomic E-state index is 12.9. The molecule has 0 saturated carbocycles. The van der Waals surface area contributed by atoms with Gasteiger partial charge in [0.25, 0.3) is 6.43 Å². The summed E-state index contributed by atoms with van der Waals surface area (Å²) in [6.45, 7) is 0.218. The van der Waals surface area contributed by atoms with Crippen LogP contribution in [0, 0.1) is 0 Å². The van der Waals surface area contributed by atoms with E-state index in [9.17, 15) is 13.6 Å². The van der Waals surface area contributed by atoms with Crippen molar-refractivity contribution in [1.82, 2.24) is 0 Å². The highest BCUT2D eigenvalue weighted by Crippen LogP contribution is 2.39. The SMILES string of the molecule is O=C(O)c1cc(OCc2ccccc2)c2c(c1)OC(C(F)F)C2. The Morgan fingerprint density at radius 1 is 1.30 bits per heavy atom. The number of ether oxygens (including phenoxy) is 2. The summed E-state index contributed by atoms with van der Waals surface area (Å²) in [6.07, 6.45) is -3.91. The van der Waals surface area contributed by atoms with Gasteiger partial charge in [0, 0.05) is 12.0 Å². The molecule has 1 aliphatic rings. The minimum Gasteiger partial charge on any atom is -0.488 e. The van der Waals surface area contributed by atoms with Crippen LogP contribution in [-0.2, 0) is 13.0 Å². The summed E-state index contributed by atoms with van der Waals surface area (Å²) in [5.74, 6) is -0.744. The number of benzene rings is 2. The second kappa shape index (κ2) is 6.24. The molecule has 0 fully saturated rings. The Morgan fingerprint density at radius 3 is 2.70 bits per heavy atom. The van der Waals surface area contributed by atoms with E-state index in [1.54, 1.807) is 0 Å². The Hall–Kier alpha value is -2.63. The largest absolute Gasteiger partial charge is 0.488 e. The van der Waals surface area contributed by atoms with Crippen LogP contribution in [0.3, 0.4) is 0 Å². The lowest BCUT2D eigenvalue weighted by Crippen LogP contribution is -2.22. The maximum atomic E-state index is 12.9. The fraction of sp³-hybridized carbons (Fsp3) is 0.235. The molecule has 0 spiro atoms. The van der Waals surface area contributed by atoms with Crippen molar-refractivity contribution in [2.75, 3.05) is 0 Å². The first kappa shape index (κ1) is 15.3. The quantitative estimate of drug-likeness (QED) is 0.915. The van der Waals surface area contributed by atoms with Gasteiger partial charge in [0.15, 0.2) is 6.10 Å². The van der Waals surface area contributed by atoms with Crippen molar-refractivity contribution in [3.63, 3.8) is 0 Å². The first-order chi connectivity index (χ1) is 11.0. The molecule has 0 aliphatic carbocycles. The third-order valence-corrected chi connectivity index (χ3v) is 3.62. The topological polar surface area (TPSA) is 55.8 Å². The lowest BCUT2D eigenvalue weighted by Gasteiger charge is -2.11. The lowest BCUT2D eigenvalue weighted by molar-refractivity contribution is 0.0245. The molecule has 6 heteroatoms. The smallest absolute Gasteiger partial charge is 0.335 e. The van der Waals surface area contributed by atoms with Gasteiger partial charge in [0.2, 0.25) is 0 Å².